The highest BCUT2D eigenvalue weighted by molar-refractivity contribution is 5.80. The Bertz CT molecular complexity index is 519. The molecule has 7 heteroatoms. The Balaban J connectivity index is 2.74. The molecule has 1 atom stereocenters. The van der Waals surface area contributed by atoms with Gasteiger partial charge in [0.2, 0.25) is 0 Å². The van der Waals surface area contributed by atoms with Crippen molar-refractivity contribution in [2.75, 3.05) is 6.61 Å². The standard InChI is InChI=1S/C13H13F2NO4/c1-2-5-20-13(19)16-11(12(17)18)6-8-3-4-9(14)7-10(8)15/h2-4,7,11H,1,5-6H2,(H,16,19)(H,17,18)/t11-/m0/s1. The van der Waals surface area contributed by atoms with E-state index < -0.39 is 29.7 Å². The van der Waals surface area contributed by atoms with Gasteiger partial charge >= 0.3 is 12.1 Å². The van der Waals surface area contributed by atoms with E-state index in [-0.39, 0.29) is 18.6 Å². The average Bonchev–Trinajstić information content (AvgIpc) is 2.38. The molecule has 1 aromatic carbocycles. The highest BCUT2D eigenvalue weighted by Gasteiger charge is 2.22. The molecule has 0 unspecified atom stereocenters. The molecule has 0 spiro atoms. The average molecular weight is 285 g/mol. The van der Waals surface area contributed by atoms with E-state index in [1.165, 1.54) is 6.08 Å². The van der Waals surface area contributed by atoms with Crippen LogP contribution in [0.2, 0.25) is 0 Å². The Morgan fingerprint density at radius 2 is 2.15 bits per heavy atom. The van der Waals surface area contributed by atoms with Crippen molar-refractivity contribution in [3.8, 4) is 0 Å². The van der Waals surface area contributed by atoms with Gasteiger partial charge in [-0.3, -0.25) is 0 Å². The minimum atomic E-state index is -1.38. The van der Waals surface area contributed by atoms with Crippen LogP contribution in [0.1, 0.15) is 5.56 Å². The van der Waals surface area contributed by atoms with E-state index in [0.29, 0.717) is 6.07 Å². The summed E-state index contributed by atoms with van der Waals surface area (Å²) in [4.78, 5) is 22.3. The maximum absolute atomic E-state index is 13.4. The molecule has 108 valence electrons. The zero-order valence-corrected chi connectivity index (χ0v) is 10.4. The van der Waals surface area contributed by atoms with Crippen molar-refractivity contribution in [1.82, 2.24) is 5.32 Å². The van der Waals surface area contributed by atoms with Gasteiger partial charge in [0.25, 0.3) is 0 Å². The number of carboxylic acids is 1. The molecule has 0 fully saturated rings. The van der Waals surface area contributed by atoms with Crippen LogP contribution in [-0.2, 0) is 16.0 Å². The zero-order valence-electron chi connectivity index (χ0n) is 10.4. The lowest BCUT2D eigenvalue weighted by Crippen LogP contribution is -2.42. The summed E-state index contributed by atoms with van der Waals surface area (Å²) in [5, 5.41) is 11.0. The molecule has 0 saturated carbocycles. The molecule has 0 aromatic heterocycles. The van der Waals surface area contributed by atoms with E-state index in [2.05, 4.69) is 16.6 Å². The molecular formula is C13H13F2NO4. The summed E-state index contributed by atoms with van der Waals surface area (Å²) >= 11 is 0. The second-order valence-electron chi connectivity index (χ2n) is 3.86. The third-order valence-electron chi connectivity index (χ3n) is 2.36. The molecule has 5 nitrogen and oxygen atoms in total. The van der Waals surface area contributed by atoms with Gasteiger partial charge in [-0.25, -0.2) is 18.4 Å². The highest BCUT2D eigenvalue weighted by Crippen LogP contribution is 2.12. The number of aliphatic carboxylic acids is 1. The summed E-state index contributed by atoms with van der Waals surface area (Å²) in [6.07, 6.45) is 0.0272. The lowest BCUT2D eigenvalue weighted by molar-refractivity contribution is -0.139. The SMILES string of the molecule is C=CCOC(=O)N[C@@H](Cc1ccc(F)cc1F)C(=O)O. The number of ether oxygens (including phenoxy) is 1. The van der Waals surface area contributed by atoms with E-state index in [9.17, 15) is 18.4 Å². The van der Waals surface area contributed by atoms with Crippen LogP contribution in [0.5, 0.6) is 0 Å². The monoisotopic (exact) mass is 285 g/mol. The number of carboxylic acid groups (broad SMARTS) is 1. The number of halogens is 2. The molecule has 20 heavy (non-hydrogen) atoms. The van der Waals surface area contributed by atoms with Crippen molar-refractivity contribution >= 4 is 12.1 Å². The Labute approximate surface area is 113 Å². The number of hydrogen-bond donors (Lipinski definition) is 2. The predicted octanol–water partition coefficient (Wildman–Crippen LogP) is 1.87. The fraction of sp³-hybridized carbons (Fsp3) is 0.231. The van der Waals surface area contributed by atoms with Crippen LogP contribution >= 0.6 is 0 Å². The maximum atomic E-state index is 13.4. The van der Waals surface area contributed by atoms with Crippen LogP contribution in [0.3, 0.4) is 0 Å². The molecule has 2 N–H and O–H groups in total. The first-order chi connectivity index (χ1) is 9.43. The smallest absolute Gasteiger partial charge is 0.408 e. The van der Waals surface area contributed by atoms with Gasteiger partial charge in [-0.05, 0) is 11.6 Å². The van der Waals surface area contributed by atoms with Crippen LogP contribution in [0.25, 0.3) is 0 Å². The van der Waals surface area contributed by atoms with Crippen molar-refractivity contribution in [2.24, 2.45) is 0 Å². The Kier molecular flexibility index (Phi) is 5.64. The van der Waals surface area contributed by atoms with Crippen LogP contribution in [-0.4, -0.2) is 29.8 Å². The molecule has 1 amide bonds. The molecule has 0 heterocycles. The van der Waals surface area contributed by atoms with Gasteiger partial charge in [-0.1, -0.05) is 18.7 Å². The predicted molar refractivity (Wildman–Crippen MR) is 66.2 cm³/mol. The van der Waals surface area contributed by atoms with Crippen LogP contribution < -0.4 is 5.32 Å². The molecule has 1 rings (SSSR count). The van der Waals surface area contributed by atoms with Gasteiger partial charge in [-0.2, -0.15) is 0 Å². The maximum Gasteiger partial charge on any atom is 0.408 e. The molecular weight excluding hydrogens is 272 g/mol. The van der Waals surface area contributed by atoms with Crippen molar-refractivity contribution < 1.29 is 28.2 Å². The largest absolute Gasteiger partial charge is 0.480 e. The number of amides is 1. The molecule has 0 saturated heterocycles. The molecule has 0 aliphatic heterocycles. The fourth-order valence-corrected chi connectivity index (χ4v) is 1.43. The summed E-state index contributed by atoms with van der Waals surface area (Å²) in [5.41, 5.74) is -0.0252. The van der Waals surface area contributed by atoms with E-state index >= 15 is 0 Å². The van der Waals surface area contributed by atoms with Crippen molar-refractivity contribution in [2.45, 2.75) is 12.5 Å². The second kappa shape index (κ2) is 7.22. The van der Waals surface area contributed by atoms with Crippen LogP contribution in [0.15, 0.2) is 30.9 Å². The van der Waals surface area contributed by atoms with Gasteiger partial charge in [0, 0.05) is 12.5 Å². The number of rotatable bonds is 6. The van der Waals surface area contributed by atoms with Gasteiger partial charge in [-0.15, -0.1) is 0 Å². The number of hydrogen-bond acceptors (Lipinski definition) is 3. The lowest BCUT2D eigenvalue weighted by Gasteiger charge is -2.14. The first-order valence-electron chi connectivity index (χ1n) is 5.65. The molecule has 1 aromatic rings. The summed E-state index contributed by atoms with van der Waals surface area (Å²) < 4.78 is 30.7. The zero-order chi connectivity index (χ0) is 15.1. The minimum absolute atomic E-state index is 0.0252. The first-order valence-corrected chi connectivity index (χ1v) is 5.65. The van der Waals surface area contributed by atoms with Gasteiger partial charge in [0.15, 0.2) is 0 Å². The van der Waals surface area contributed by atoms with E-state index in [1.54, 1.807) is 0 Å². The summed E-state index contributed by atoms with van der Waals surface area (Å²) in [6.45, 7) is 3.25. The molecule has 0 radical (unpaired) electrons. The third-order valence-corrected chi connectivity index (χ3v) is 2.36. The second-order valence-corrected chi connectivity index (χ2v) is 3.86. The molecule has 0 bridgehead atoms. The Morgan fingerprint density at radius 1 is 1.45 bits per heavy atom. The number of carbonyl (C=O) groups excluding carboxylic acids is 1. The van der Waals surface area contributed by atoms with Crippen LogP contribution in [0.4, 0.5) is 13.6 Å². The summed E-state index contributed by atoms with van der Waals surface area (Å²) in [7, 11) is 0. The quantitative estimate of drug-likeness (QED) is 0.782. The fourth-order valence-electron chi connectivity index (χ4n) is 1.43. The number of nitrogens with one attached hydrogen (secondary N) is 1. The lowest BCUT2D eigenvalue weighted by atomic mass is 10.1. The van der Waals surface area contributed by atoms with Gasteiger partial charge < -0.3 is 15.2 Å². The summed E-state index contributed by atoms with van der Waals surface area (Å²) in [6, 6.07) is 1.39. The summed E-state index contributed by atoms with van der Waals surface area (Å²) in [5.74, 6) is -3.00. The normalized spacial score (nSPS) is 11.5. The van der Waals surface area contributed by atoms with Gasteiger partial charge in [0.05, 0.1) is 0 Å². The number of carbonyl (C=O) groups is 2. The topological polar surface area (TPSA) is 75.6 Å². The third kappa shape index (κ3) is 4.68. The number of benzene rings is 1. The van der Waals surface area contributed by atoms with Crippen molar-refractivity contribution in [1.29, 1.82) is 0 Å². The van der Waals surface area contributed by atoms with Gasteiger partial charge in [0.1, 0.15) is 24.3 Å². The van der Waals surface area contributed by atoms with E-state index in [1.807, 2.05) is 0 Å². The van der Waals surface area contributed by atoms with E-state index in [4.69, 9.17) is 5.11 Å². The first kappa shape index (κ1) is 15.6. The molecule has 0 aliphatic carbocycles. The number of alkyl carbamates (subject to hydrolysis) is 1. The minimum Gasteiger partial charge on any atom is -0.480 e. The molecule has 0 aliphatic rings. The van der Waals surface area contributed by atoms with E-state index in [0.717, 1.165) is 12.1 Å². The Hall–Kier alpha value is -2.44. The van der Waals surface area contributed by atoms with Crippen molar-refractivity contribution in [3.63, 3.8) is 0 Å². The van der Waals surface area contributed by atoms with Crippen molar-refractivity contribution in [3.05, 3.63) is 48.1 Å². The highest BCUT2D eigenvalue weighted by atomic mass is 19.1. The van der Waals surface area contributed by atoms with Crippen LogP contribution in [0, 0.1) is 11.6 Å². The Morgan fingerprint density at radius 3 is 2.70 bits per heavy atom.